The summed E-state index contributed by atoms with van der Waals surface area (Å²) in [5, 5.41) is 3.14. The van der Waals surface area contributed by atoms with Crippen molar-refractivity contribution in [1.29, 1.82) is 0 Å². The van der Waals surface area contributed by atoms with Crippen LogP contribution in [-0.4, -0.2) is 55.7 Å². The van der Waals surface area contributed by atoms with E-state index in [1.807, 2.05) is 36.1 Å². The van der Waals surface area contributed by atoms with Gasteiger partial charge in [0, 0.05) is 38.4 Å². The van der Waals surface area contributed by atoms with Crippen molar-refractivity contribution >= 4 is 11.7 Å². The number of ether oxygens (including phenoxy) is 1. The molecule has 0 atom stereocenters. The number of carbonyl (C=O) groups excluding carboxylic acids is 1. The fourth-order valence-corrected chi connectivity index (χ4v) is 3.68. The van der Waals surface area contributed by atoms with Crippen LogP contribution >= 0.6 is 0 Å². The van der Waals surface area contributed by atoms with E-state index in [0.717, 1.165) is 62.6 Å². The van der Waals surface area contributed by atoms with Gasteiger partial charge in [0.25, 0.3) is 0 Å². The number of amides is 2. The van der Waals surface area contributed by atoms with Crippen LogP contribution in [0.5, 0.6) is 5.75 Å². The van der Waals surface area contributed by atoms with Gasteiger partial charge in [-0.15, -0.1) is 0 Å². The van der Waals surface area contributed by atoms with E-state index in [1.165, 1.54) is 11.1 Å². The van der Waals surface area contributed by atoms with Crippen molar-refractivity contribution in [2.24, 2.45) is 0 Å². The highest BCUT2D eigenvalue weighted by Crippen LogP contribution is 2.22. The standard InChI is InChI=1S/C23H31N3O2/c1-4-20-9-5-7-18(2)22(20)24-23(27)26-15-13-25(14-16-26)12-11-19-8-6-10-21(17-19)28-3/h5-10,17H,4,11-16H2,1-3H3,(H,24,27). The summed E-state index contributed by atoms with van der Waals surface area (Å²) >= 11 is 0. The summed E-state index contributed by atoms with van der Waals surface area (Å²) in [6, 6.07) is 14.4. The van der Waals surface area contributed by atoms with Crippen molar-refractivity contribution in [3.8, 4) is 5.75 Å². The quantitative estimate of drug-likeness (QED) is 0.824. The van der Waals surface area contributed by atoms with Gasteiger partial charge in [-0.2, -0.15) is 0 Å². The van der Waals surface area contributed by atoms with Gasteiger partial charge in [-0.25, -0.2) is 4.79 Å². The number of hydrogen-bond donors (Lipinski definition) is 1. The molecule has 2 aromatic rings. The van der Waals surface area contributed by atoms with Crippen LogP contribution in [0.3, 0.4) is 0 Å². The number of aryl methyl sites for hydroxylation is 2. The number of nitrogens with zero attached hydrogens (tertiary/aromatic N) is 2. The van der Waals surface area contributed by atoms with E-state index in [4.69, 9.17) is 4.74 Å². The van der Waals surface area contributed by atoms with Gasteiger partial charge in [-0.05, 0) is 48.6 Å². The average molecular weight is 382 g/mol. The highest BCUT2D eigenvalue weighted by Gasteiger charge is 2.21. The van der Waals surface area contributed by atoms with Crippen LogP contribution in [0, 0.1) is 6.92 Å². The third kappa shape index (κ3) is 5.04. The van der Waals surface area contributed by atoms with E-state index < -0.39 is 0 Å². The van der Waals surface area contributed by atoms with Gasteiger partial charge in [0.1, 0.15) is 5.75 Å². The van der Waals surface area contributed by atoms with E-state index in [0.29, 0.717) is 0 Å². The predicted molar refractivity (Wildman–Crippen MR) is 114 cm³/mol. The molecule has 0 saturated carbocycles. The molecule has 1 saturated heterocycles. The maximum Gasteiger partial charge on any atom is 0.321 e. The monoisotopic (exact) mass is 381 g/mol. The molecule has 1 aliphatic rings. The number of rotatable bonds is 6. The van der Waals surface area contributed by atoms with E-state index >= 15 is 0 Å². The molecule has 1 aliphatic heterocycles. The Morgan fingerprint density at radius 1 is 1.11 bits per heavy atom. The van der Waals surface area contributed by atoms with Crippen molar-refractivity contribution in [2.45, 2.75) is 26.7 Å². The fourth-order valence-electron chi connectivity index (χ4n) is 3.68. The molecule has 1 N–H and O–H groups in total. The molecule has 0 unspecified atom stereocenters. The van der Waals surface area contributed by atoms with Gasteiger partial charge in [0.05, 0.1) is 7.11 Å². The van der Waals surface area contributed by atoms with Crippen molar-refractivity contribution in [2.75, 3.05) is 45.2 Å². The topological polar surface area (TPSA) is 44.8 Å². The smallest absolute Gasteiger partial charge is 0.321 e. The van der Waals surface area contributed by atoms with E-state index in [2.05, 4.69) is 35.3 Å². The second-order valence-corrected chi connectivity index (χ2v) is 7.32. The van der Waals surface area contributed by atoms with Crippen LogP contribution in [0.4, 0.5) is 10.5 Å². The molecule has 3 rings (SSSR count). The minimum absolute atomic E-state index is 0.0106. The zero-order valence-electron chi connectivity index (χ0n) is 17.2. The summed E-state index contributed by atoms with van der Waals surface area (Å²) in [5.41, 5.74) is 4.55. The Bertz CT molecular complexity index is 798. The normalized spacial score (nSPS) is 14.8. The molecule has 0 spiro atoms. The van der Waals surface area contributed by atoms with Gasteiger partial charge in [-0.1, -0.05) is 37.3 Å². The minimum atomic E-state index is 0.0106. The molecule has 28 heavy (non-hydrogen) atoms. The third-order valence-corrected chi connectivity index (χ3v) is 5.48. The second kappa shape index (κ2) is 9.60. The largest absolute Gasteiger partial charge is 0.497 e. The summed E-state index contributed by atoms with van der Waals surface area (Å²) in [5.74, 6) is 0.904. The number of anilines is 1. The number of piperazine rings is 1. The van der Waals surface area contributed by atoms with Crippen LogP contribution in [0.15, 0.2) is 42.5 Å². The van der Waals surface area contributed by atoms with Gasteiger partial charge in [-0.3, -0.25) is 4.90 Å². The van der Waals surface area contributed by atoms with Gasteiger partial charge >= 0.3 is 6.03 Å². The zero-order valence-corrected chi connectivity index (χ0v) is 17.2. The first kappa shape index (κ1) is 20.2. The molecule has 0 radical (unpaired) electrons. The molecule has 2 amide bonds. The van der Waals surface area contributed by atoms with Crippen LogP contribution in [0.2, 0.25) is 0 Å². The number of carbonyl (C=O) groups is 1. The molecule has 0 bridgehead atoms. The molecular weight excluding hydrogens is 350 g/mol. The Labute approximate surface area is 168 Å². The summed E-state index contributed by atoms with van der Waals surface area (Å²) < 4.78 is 5.30. The summed E-state index contributed by atoms with van der Waals surface area (Å²) in [7, 11) is 1.70. The number of methoxy groups -OCH3 is 1. The Kier molecular flexibility index (Phi) is 6.93. The molecule has 1 heterocycles. The van der Waals surface area contributed by atoms with Crippen LogP contribution < -0.4 is 10.1 Å². The Morgan fingerprint density at radius 2 is 1.86 bits per heavy atom. The number of urea groups is 1. The minimum Gasteiger partial charge on any atom is -0.497 e. The molecule has 2 aromatic carbocycles. The first-order chi connectivity index (χ1) is 13.6. The molecule has 0 aliphatic carbocycles. The Hall–Kier alpha value is -2.53. The summed E-state index contributed by atoms with van der Waals surface area (Å²) in [6.45, 7) is 8.50. The highest BCUT2D eigenvalue weighted by atomic mass is 16.5. The Morgan fingerprint density at radius 3 is 2.57 bits per heavy atom. The first-order valence-electron chi connectivity index (χ1n) is 10.1. The number of para-hydroxylation sites is 1. The van der Waals surface area contributed by atoms with Crippen molar-refractivity contribution in [3.63, 3.8) is 0 Å². The SMILES string of the molecule is CCc1cccc(C)c1NC(=O)N1CCN(CCc2cccc(OC)c2)CC1. The Balaban J connectivity index is 1.49. The lowest BCUT2D eigenvalue weighted by Crippen LogP contribution is -2.50. The highest BCUT2D eigenvalue weighted by molar-refractivity contribution is 5.91. The lowest BCUT2D eigenvalue weighted by molar-refractivity contribution is 0.148. The van der Waals surface area contributed by atoms with Gasteiger partial charge in [0.2, 0.25) is 0 Å². The maximum atomic E-state index is 12.7. The van der Waals surface area contributed by atoms with E-state index in [9.17, 15) is 4.79 Å². The number of hydrogen-bond acceptors (Lipinski definition) is 3. The predicted octanol–water partition coefficient (Wildman–Crippen LogP) is 3.96. The van der Waals surface area contributed by atoms with Crippen molar-refractivity contribution in [3.05, 3.63) is 59.2 Å². The second-order valence-electron chi connectivity index (χ2n) is 7.32. The lowest BCUT2D eigenvalue weighted by atomic mass is 10.1. The molecule has 0 aromatic heterocycles. The number of nitrogens with one attached hydrogen (secondary N) is 1. The van der Waals surface area contributed by atoms with E-state index in [1.54, 1.807) is 7.11 Å². The van der Waals surface area contributed by atoms with Gasteiger partial charge < -0.3 is 15.0 Å². The van der Waals surface area contributed by atoms with Crippen molar-refractivity contribution in [1.82, 2.24) is 9.80 Å². The molecule has 5 nitrogen and oxygen atoms in total. The van der Waals surface area contributed by atoms with Crippen molar-refractivity contribution < 1.29 is 9.53 Å². The van der Waals surface area contributed by atoms with Crippen LogP contribution in [-0.2, 0) is 12.8 Å². The maximum absolute atomic E-state index is 12.7. The zero-order chi connectivity index (χ0) is 19.9. The first-order valence-corrected chi connectivity index (χ1v) is 10.1. The molecule has 5 heteroatoms. The average Bonchev–Trinajstić information content (AvgIpc) is 2.74. The lowest BCUT2D eigenvalue weighted by Gasteiger charge is -2.35. The summed E-state index contributed by atoms with van der Waals surface area (Å²) in [4.78, 5) is 17.1. The van der Waals surface area contributed by atoms with Gasteiger partial charge in [0.15, 0.2) is 0 Å². The van der Waals surface area contributed by atoms with E-state index in [-0.39, 0.29) is 6.03 Å². The van der Waals surface area contributed by atoms with Crippen LogP contribution in [0.25, 0.3) is 0 Å². The summed E-state index contributed by atoms with van der Waals surface area (Å²) in [6.07, 6.45) is 1.90. The third-order valence-electron chi connectivity index (χ3n) is 5.48. The van der Waals surface area contributed by atoms with Crippen LogP contribution in [0.1, 0.15) is 23.6 Å². The fraction of sp³-hybridized carbons (Fsp3) is 0.435. The molecular formula is C23H31N3O2. The molecule has 150 valence electrons. The molecule has 1 fully saturated rings. The number of benzene rings is 2.